The van der Waals surface area contributed by atoms with E-state index < -0.39 is 6.61 Å². The molecule has 0 fully saturated rings. The molecule has 0 radical (unpaired) electrons. The minimum absolute atomic E-state index is 0.0406. The first kappa shape index (κ1) is 16.3. The van der Waals surface area contributed by atoms with Gasteiger partial charge in [-0.05, 0) is 37.5 Å². The van der Waals surface area contributed by atoms with E-state index in [1.165, 1.54) is 24.3 Å². The predicted octanol–water partition coefficient (Wildman–Crippen LogP) is 2.47. The van der Waals surface area contributed by atoms with Crippen molar-refractivity contribution in [3.05, 3.63) is 29.8 Å². The zero-order valence-corrected chi connectivity index (χ0v) is 11.6. The van der Waals surface area contributed by atoms with E-state index in [2.05, 4.69) is 10.1 Å². The summed E-state index contributed by atoms with van der Waals surface area (Å²) in [6, 6.07) is 5.66. The van der Waals surface area contributed by atoms with Crippen molar-refractivity contribution in [2.45, 2.75) is 25.9 Å². The number of ether oxygens (including phenoxy) is 1. The molecule has 0 aromatic heterocycles. The Bertz CT molecular complexity index is 469. The monoisotopic (exact) mass is 302 g/mol. The summed E-state index contributed by atoms with van der Waals surface area (Å²) < 4.78 is 28.4. The van der Waals surface area contributed by atoms with Crippen LogP contribution in [-0.2, 0) is 0 Å². The Kier molecular flexibility index (Phi) is 6.86. The van der Waals surface area contributed by atoms with Gasteiger partial charge in [0.25, 0.3) is 5.91 Å². The maximum absolute atomic E-state index is 12.1. The van der Waals surface area contributed by atoms with Crippen LogP contribution in [0.4, 0.5) is 8.78 Å². The quantitative estimate of drug-likeness (QED) is 0.572. The van der Waals surface area contributed by atoms with Gasteiger partial charge in [0.1, 0.15) is 5.75 Å². The van der Waals surface area contributed by atoms with Gasteiger partial charge in [0.05, 0.1) is 4.99 Å². The van der Waals surface area contributed by atoms with Crippen LogP contribution in [0.5, 0.6) is 5.75 Å². The zero-order chi connectivity index (χ0) is 15.0. The lowest BCUT2D eigenvalue weighted by Crippen LogP contribution is -2.24. The highest BCUT2D eigenvalue weighted by Gasteiger charge is 2.09. The number of hydrogen-bond acceptors (Lipinski definition) is 3. The summed E-state index contributed by atoms with van der Waals surface area (Å²) >= 11 is 4.74. The molecule has 0 aliphatic rings. The lowest BCUT2D eigenvalue weighted by Gasteiger charge is -2.08. The highest BCUT2D eigenvalue weighted by molar-refractivity contribution is 7.80. The van der Waals surface area contributed by atoms with Crippen LogP contribution in [0.3, 0.4) is 0 Å². The molecule has 7 heteroatoms. The molecular weight excluding hydrogens is 286 g/mol. The van der Waals surface area contributed by atoms with Gasteiger partial charge in [-0.3, -0.25) is 4.79 Å². The highest BCUT2D eigenvalue weighted by atomic mass is 32.1. The van der Waals surface area contributed by atoms with Gasteiger partial charge in [-0.15, -0.1) is 0 Å². The van der Waals surface area contributed by atoms with Crippen LogP contribution >= 0.6 is 12.2 Å². The normalized spacial score (nSPS) is 10.3. The summed E-state index contributed by atoms with van der Waals surface area (Å²) in [5.74, 6) is -0.374. The second kappa shape index (κ2) is 8.42. The Morgan fingerprint density at radius 1 is 1.40 bits per heavy atom. The topological polar surface area (TPSA) is 64.3 Å². The number of carbonyl (C=O) groups excluding carboxylic acids is 1. The Balaban J connectivity index is 2.41. The van der Waals surface area contributed by atoms with Gasteiger partial charge in [-0.1, -0.05) is 18.3 Å². The molecule has 1 amide bonds. The van der Waals surface area contributed by atoms with Gasteiger partial charge >= 0.3 is 6.61 Å². The standard InChI is InChI=1S/C13H16F2N2O2S/c14-13(15)19-10-5-3-4-9(8-10)12(18)17-7-2-1-6-11(16)20/h3-5,8,13H,1-2,6-7H2,(H2,16,20)(H,17,18). The Morgan fingerprint density at radius 3 is 2.80 bits per heavy atom. The molecule has 0 aliphatic heterocycles. The van der Waals surface area contributed by atoms with E-state index in [0.29, 0.717) is 18.0 Å². The molecular formula is C13H16F2N2O2S. The fourth-order valence-corrected chi connectivity index (χ4v) is 1.69. The summed E-state index contributed by atoms with van der Waals surface area (Å²) in [5, 5.41) is 2.69. The molecule has 0 heterocycles. The van der Waals surface area contributed by atoms with E-state index in [0.717, 1.165) is 12.8 Å². The van der Waals surface area contributed by atoms with E-state index in [-0.39, 0.29) is 17.2 Å². The molecule has 1 aromatic rings. The Labute approximate surface area is 121 Å². The van der Waals surface area contributed by atoms with Gasteiger partial charge in [0.2, 0.25) is 0 Å². The van der Waals surface area contributed by atoms with Crippen molar-refractivity contribution < 1.29 is 18.3 Å². The number of unbranched alkanes of at least 4 members (excludes halogenated alkanes) is 1. The lowest BCUT2D eigenvalue weighted by molar-refractivity contribution is -0.0498. The number of thiocarbonyl (C=S) groups is 1. The smallest absolute Gasteiger partial charge is 0.387 e. The lowest BCUT2D eigenvalue weighted by atomic mass is 10.2. The minimum atomic E-state index is -2.91. The van der Waals surface area contributed by atoms with Crippen LogP contribution < -0.4 is 15.8 Å². The average molecular weight is 302 g/mol. The molecule has 1 aromatic carbocycles. The Morgan fingerprint density at radius 2 is 2.15 bits per heavy atom. The first-order valence-electron chi connectivity index (χ1n) is 6.10. The third-order valence-electron chi connectivity index (χ3n) is 2.46. The molecule has 4 nitrogen and oxygen atoms in total. The number of alkyl halides is 2. The number of hydrogen-bond donors (Lipinski definition) is 2. The summed E-state index contributed by atoms with van der Waals surface area (Å²) in [6.45, 7) is -2.44. The van der Waals surface area contributed by atoms with Crippen molar-refractivity contribution in [1.29, 1.82) is 0 Å². The van der Waals surface area contributed by atoms with Gasteiger partial charge in [0.15, 0.2) is 0 Å². The molecule has 110 valence electrons. The third kappa shape index (κ3) is 6.42. The molecule has 0 spiro atoms. The van der Waals surface area contributed by atoms with E-state index in [4.69, 9.17) is 18.0 Å². The van der Waals surface area contributed by atoms with Gasteiger partial charge in [0, 0.05) is 12.1 Å². The van der Waals surface area contributed by atoms with Crippen molar-refractivity contribution in [3.8, 4) is 5.75 Å². The number of carbonyl (C=O) groups is 1. The number of nitrogens with one attached hydrogen (secondary N) is 1. The predicted molar refractivity (Wildman–Crippen MR) is 76.0 cm³/mol. The average Bonchev–Trinajstić information content (AvgIpc) is 2.37. The van der Waals surface area contributed by atoms with Crippen molar-refractivity contribution in [3.63, 3.8) is 0 Å². The second-order valence-electron chi connectivity index (χ2n) is 4.09. The van der Waals surface area contributed by atoms with E-state index in [1.807, 2.05) is 0 Å². The van der Waals surface area contributed by atoms with Crippen molar-refractivity contribution >= 4 is 23.1 Å². The van der Waals surface area contributed by atoms with Crippen LogP contribution in [0.25, 0.3) is 0 Å². The van der Waals surface area contributed by atoms with Crippen LogP contribution in [0.15, 0.2) is 24.3 Å². The molecule has 0 unspecified atom stereocenters. The Hall–Kier alpha value is -1.76. The molecule has 1 rings (SSSR count). The van der Waals surface area contributed by atoms with Crippen LogP contribution in [-0.4, -0.2) is 24.1 Å². The summed E-state index contributed by atoms with van der Waals surface area (Å²) in [7, 11) is 0. The van der Waals surface area contributed by atoms with Crippen LogP contribution in [0.2, 0.25) is 0 Å². The summed E-state index contributed by atoms with van der Waals surface area (Å²) in [5.41, 5.74) is 5.63. The molecule has 20 heavy (non-hydrogen) atoms. The number of benzene rings is 1. The number of amides is 1. The third-order valence-corrected chi connectivity index (χ3v) is 2.66. The molecule has 3 N–H and O–H groups in total. The summed E-state index contributed by atoms with van der Waals surface area (Å²) in [6.07, 6.45) is 2.18. The van der Waals surface area contributed by atoms with Gasteiger partial charge < -0.3 is 15.8 Å². The SMILES string of the molecule is NC(=S)CCCCNC(=O)c1cccc(OC(F)F)c1. The van der Waals surface area contributed by atoms with E-state index in [9.17, 15) is 13.6 Å². The molecule has 0 saturated heterocycles. The number of halogens is 2. The van der Waals surface area contributed by atoms with Crippen molar-refractivity contribution in [2.24, 2.45) is 5.73 Å². The molecule has 0 atom stereocenters. The maximum atomic E-state index is 12.1. The fraction of sp³-hybridized carbons (Fsp3) is 0.385. The second-order valence-corrected chi connectivity index (χ2v) is 4.61. The molecule has 0 saturated carbocycles. The first-order valence-corrected chi connectivity index (χ1v) is 6.51. The fourth-order valence-electron chi connectivity index (χ4n) is 1.54. The largest absolute Gasteiger partial charge is 0.435 e. The minimum Gasteiger partial charge on any atom is -0.435 e. The van der Waals surface area contributed by atoms with Gasteiger partial charge in [-0.2, -0.15) is 8.78 Å². The summed E-state index contributed by atoms with van der Waals surface area (Å²) in [4.78, 5) is 12.2. The highest BCUT2D eigenvalue weighted by Crippen LogP contribution is 2.15. The number of nitrogens with two attached hydrogens (primary N) is 1. The first-order chi connectivity index (χ1) is 9.49. The van der Waals surface area contributed by atoms with E-state index in [1.54, 1.807) is 0 Å². The zero-order valence-electron chi connectivity index (χ0n) is 10.8. The van der Waals surface area contributed by atoms with E-state index >= 15 is 0 Å². The van der Waals surface area contributed by atoms with Crippen LogP contribution in [0, 0.1) is 0 Å². The van der Waals surface area contributed by atoms with Crippen molar-refractivity contribution in [1.82, 2.24) is 5.32 Å². The maximum Gasteiger partial charge on any atom is 0.387 e. The van der Waals surface area contributed by atoms with Crippen molar-refractivity contribution in [2.75, 3.05) is 6.54 Å². The molecule has 0 aliphatic carbocycles. The number of rotatable bonds is 8. The molecule has 0 bridgehead atoms. The van der Waals surface area contributed by atoms with Gasteiger partial charge in [-0.25, -0.2) is 0 Å². The van der Waals surface area contributed by atoms with Crippen LogP contribution in [0.1, 0.15) is 29.6 Å².